The van der Waals surface area contributed by atoms with E-state index in [1.165, 1.54) is 70.4 Å². The first-order valence-corrected chi connectivity index (χ1v) is 14.1. The Bertz CT molecular complexity index is 1640. The number of anilines is 1. The zero-order chi connectivity index (χ0) is 26.9. The lowest BCUT2D eigenvalue weighted by Gasteiger charge is -2.16. The molecule has 12 heteroatoms. The number of fused-ring (bicyclic) bond motifs is 1. The van der Waals surface area contributed by atoms with Crippen LogP contribution >= 0.6 is 11.3 Å². The van der Waals surface area contributed by atoms with Gasteiger partial charge in [0.25, 0.3) is 11.6 Å². The van der Waals surface area contributed by atoms with Crippen molar-refractivity contribution >= 4 is 54.5 Å². The summed E-state index contributed by atoms with van der Waals surface area (Å²) in [5.41, 5.74) is 2.50. The van der Waals surface area contributed by atoms with Crippen LogP contribution in [0.25, 0.3) is 10.2 Å². The number of carbonyl (C=O) groups is 1. The van der Waals surface area contributed by atoms with Crippen molar-refractivity contribution in [2.45, 2.75) is 24.7 Å². The van der Waals surface area contributed by atoms with Crippen LogP contribution in [-0.2, 0) is 10.0 Å². The van der Waals surface area contributed by atoms with E-state index in [0.29, 0.717) is 29.3 Å². The number of nitro groups is 1. The lowest BCUT2D eigenvalue weighted by molar-refractivity contribution is -0.384. The minimum absolute atomic E-state index is 0.0550. The summed E-state index contributed by atoms with van der Waals surface area (Å²) in [4.78, 5) is 28.8. The summed E-state index contributed by atoms with van der Waals surface area (Å²) < 4.78 is 28.1. The molecular weight excluding hydrogens is 526 g/mol. The van der Waals surface area contributed by atoms with Crippen LogP contribution in [-0.4, -0.2) is 47.8 Å². The number of non-ortho nitro benzene ring substituents is 1. The zero-order valence-corrected chi connectivity index (χ0v) is 22.0. The maximum absolute atomic E-state index is 13.6. The number of hydrogen-bond donors (Lipinski definition) is 0. The van der Waals surface area contributed by atoms with E-state index < -0.39 is 20.9 Å². The molecule has 1 aliphatic heterocycles. The molecule has 0 radical (unpaired) electrons. The number of amides is 1. The van der Waals surface area contributed by atoms with Gasteiger partial charge in [-0.05, 0) is 79.4 Å². The van der Waals surface area contributed by atoms with E-state index >= 15 is 0 Å². The van der Waals surface area contributed by atoms with Crippen LogP contribution in [0.3, 0.4) is 0 Å². The average Bonchev–Trinajstić information content (AvgIpc) is 3.60. The fourth-order valence-corrected chi connectivity index (χ4v) is 6.61. The third-order valence-corrected chi connectivity index (χ3v) is 9.04. The Balaban J connectivity index is 1.48. The summed E-state index contributed by atoms with van der Waals surface area (Å²) in [5, 5.41) is 16.8. The van der Waals surface area contributed by atoms with Crippen LogP contribution in [0.2, 0.25) is 0 Å². The van der Waals surface area contributed by atoms with Gasteiger partial charge in [0.15, 0.2) is 0 Å². The molecule has 1 amide bonds. The Morgan fingerprint density at radius 3 is 2.42 bits per heavy atom. The van der Waals surface area contributed by atoms with Crippen LogP contribution in [0.4, 0.5) is 10.8 Å². The van der Waals surface area contributed by atoms with Crippen molar-refractivity contribution in [2.24, 2.45) is 5.10 Å². The highest BCUT2D eigenvalue weighted by atomic mass is 32.2. The Morgan fingerprint density at radius 1 is 1.08 bits per heavy atom. The number of rotatable bonds is 7. The van der Waals surface area contributed by atoms with Crippen LogP contribution < -0.4 is 5.01 Å². The van der Waals surface area contributed by atoms with Gasteiger partial charge in [-0.2, -0.15) is 14.4 Å². The van der Waals surface area contributed by atoms with Gasteiger partial charge >= 0.3 is 0 Å². The molecule has 10 nitrogen and oxygen atoms in total. The zero-order valence-electron chi connectivity index (χ0n) is 20.4. The van der Waals surface area contributed by atoms with Gasteiger partial charge in [-0.1, -0.05) is 17.4 Å². The second-order valence-corrected chi connectivity index (χ2v) is 11.8. The number of nitro benzene ring substituents is 1. The van der Waals surface area contributed by atoms with Crippen LogP contribution in [0.1, 0.15) is 34.3 Å². The van der Waals surface area contributed by atoms with E-state index in [0.717, 1.165) is 28.1 Å². The van der Waals surface area contributed by atoms with E-state index in [2.05, 4.69) is 10.1 Å². The molecule has 0 bridgehead atoms. The monoisotopic (exact) mass is 549 g/mol. The third-order valence-electron chi connectivity index (χ3n) is 6.14. The number of carbonyl (C=O) groups excluding carboxylic acids is 1. The molecular formula is C26H23N5O5S2. The average molecular weight is 550 g/mol. The van der Waals surface area contributed by atoms with E-state index in [4.69, 9.17) is 0 Å². The summed E-state index contributed by atoms with van der Waals surface area (Å²) in [7, 11) is -3.61. The molecule has 0 unspecified atom stereocenters. The lowest BCUT2D eigenvalue weighted by atomic mass is 10.2. The number of aryl methyl sites for hydroxylation is 1. The number of hydrogen-bond acceptors (Lipinski definition) is 8. The van der Waals surface area contributed by atoms with Crippen molar-refractivity contribution in [1.82, 2.24) is 9.29 Å². The molecule has 38 heavy (non-hydrogen) atoms. The highest BCUT2D eigenvalue weighted by Gasteiger charge is 2.28. The SMILES string of the molecule is Cc1ccc2nc(N(/N=C/c3ccc([N+](=O)[O-])cc3)C(=O)c3ccc(S(=O)(=O)N4CCCC4)cc3)sc2c1. The Kier molecular flexibility index (Phi) is 7.02. The first-order chi connectivity index (χ1) is 18.2. The number of benzene rings is 3. The van der Waals surface area contributed by atoms with Crippen molar-refractivity contribution < 1.29 is 18.1 Å². The number of aromatic nitrogens is 1. The van der Waals surface area contributed by atoms with E-state index in [1.807, 2.05) is 25.1 Å². The Labute approximate surface area is 223 Å². The number of nitrogens with zero attached hydrogens (tertiary/aromatic N) is 5. The summed E-state index contributed by atoms with van der Waals surface area (Å²) in [5.74, 6) is -0.496. The molecule has 1 aromatic heterocycles. The second kappa shape index (κ2) is 10.4. The summed E-state index contributed by atoms with van der Waals surface area (Å²) in [6.45, 7) is 2.95. The summed E-state index contributed by atoms with van der Waals surface area (Å²) in [6.07, 6.45) is 3.09. The van der Waals surface area contributed by atoms with Crippen molar-refractivity contribution in [3.05, 3.63) is 93.5 Å². The van der Waals surface area contributed by atoms with Gasteiger partial charge in [0.05, 0.1) is 26.3 Å². The van der Waals surface area contributed by atoms with Gasteiger partial charge < -0.3 is 0 Å². The quantitative estimate of drug-likeness (QED) is 0.182. The van der Waals surface area contributed by atoms with Crippen LogP contribution in [0, 0.1) is 17.0 Å². The molecule has 194 valence electrons. The molecule has 2 heterocycles. The van der Waals surface area contributed by atoms with Gasteiger partial charge in [0, 0.05) is 30.8 Å². The van der Waals surface area contributed by atoms with Crippen molar-refractivity contribution in [2.75, 3.05) is 18.1 Å². The molecule has 4 aromatic rings. The molecule has 0 aliphatic carbocycles. The van der Waals surface area contributed by atoms with E-state index in [1.54, 1.807) is 0 Å². The van der Waals surface area contributed by atoms with Crippen molar-refractivity contribution in [1.29, 1.82) is 0 Å². The van der Waals surface area contributed by atoms with Crippen molar-refractivity contribution in [3.63, 3.8) is 0 Å². The largest absolute Gasteiger partial charge is 0.280 e. The van der Waals surface area contributed by atoms with Gasteiger partial charge in [-0.25, -0.2) is 13.4 Å². The van der Waals surface area contributed by atoms with Gasteiger partial charge in [0.1, 0.15) is 0 Å². The molecule has 0 N–H and O–H groups in total. The molecule has 1 saturated heterocycles. The topological polar surface area (TPSA) is 126 Å². The fourth-order valence-electron chi connectivity index (χ4n) is 4.07. The predicted octanol–water partition coefficient (Wildman–Crippen LogP) is 4.98. The highest BCUT2D eigenvalue weighted by Crippen LogP contribution is 2.31. The maximum Gasteiger partial charge on any atom is 0.280 e. The molecule has 0 saturated carbocycles. The Morgan fingerprint density at radius 2 is 1.76 bits per heavy atom. The smallest absolute Gasteiger partial charge is 0.267 e. The number of sulfonamides is 1. The minimum Gasteiger partial charge on any atom is -0.267 e. The Hall–Kier alpha value is -4.00. The molecule has 0 atom stereocenters. The van der Waals surface area contributed by atoms with Gasteiger partial charge in [-0.15, -0.1) is 0 Å². The van der Waals surface area contributed by atoms with Crippen LogP contribution in [0.15, 0.2) is 76.7 Å². The normalized spacial score (nSPS) is 14.3. The minimum atomic E-state index is -3.61. The number of hydrazone groups is 1. The number of thiazole rings is 1. The highest BCUT2D eigenvalue weighted by molar-refractivity contribution is 7.89. The maximum atomic E-state index is 13.6. The molecule has 1 aliphatic rings. The van der Waals surface area contributed by atoms with Gasteiger partial charge in [0.2, 0.25) is 15.2 Å². The lowest BCUT2D eigenvalue weighted by Crippen LogP contribution is -2.28. The molecule has 0 spiro atoms. The first-order valence-electron chi connectivity index (χ1n) is 11.8. The summed E-state index contributed by atoms with van der Waals surface area (Å²) in [6, 6.07) is 17.3. The third kappa shape index (κ3) is 5.19. The van der Waals surface area contributed by atoms with E-state index in [-0.39, 0.29) is 16.1 Å². The molecule has 1 fully saturated rings. The second-order valence-electron chi connectivity index (χ2n) is 8.81. The summed E-state index contributed by atoms with van der Waals surface area (Å²) >= 11 is 1.30. The van der Waals surface area contributed by atoms with Gasteiger partial charge in [-0.3, -0.25) is 14.9 Å². The molecule has 3 aromatic carbocycles. The van der Waals surface area contributed by atoms with E-state index in [9.17, 15) is 23.3 Å². The van der Waals surface area contributed by atoms with Crippen LogP contribution in [0.5, 0.6) is 0 Å². The fraction of sp³-hybridized carbons (Fsp3) is 0.192. The first kappa shape index (κ1) is 25.6. The van der Waals surface area contributed by atoms with Crippen molar-refractivity contribution in [3.8, 4) is 0 Å². The predicted molar refractivity (Wildman–Crippen MR) is 146 cm³/mol. The molecule has 5 rings (SSSR count). The standard InChI is InChI=1S/C26H23N5O5S2/c1-18-4-13-23-24(16-18)37-26(28-23)30(27-17-19-5-9-21(10-6-19)31(33)34)25(32)20-7-11-22(12-8-20)38(35,36)29-14-2-3-15-29/h4-13,16-17H,2-3,14-15H2,1H3/b27-17+.